The first-order valence-corrected chi connectivity index (χ1v) is 25.4. The van der Waals surface area contributed by atoms with Crippen molar-refractivity contribution >= 4 is 53.4 Å². The van der Waals surface area contributed by atoms with Crippen molar-refractivity contribution in [3.05, 3.63) is 172 Å². The topological polar surface area (TPSA) is 286 Å². The quantitative estimate of drug-likeness (QED) is 0.00992. The minimum Gasteiger partial charge on any atom is -0.508 e. The van der Waals surface area contributed by atoms with Gasteiger partial charge in [-0.2, -0.15) is 10.5 Å². The maximum absolute atomic E-state index is 13.1. The second kappa shape index (κ2) is 24.5. The molecule has 2 spiro atoms. The smallest absolute Gasteiger partial charge is 0.340 e. The van der Waals surface area contributed by atoms with Crippen molar-refractivity contribution in [2.45, 2.75) is 47.2 Å². The normalized spacial score (nSPS) is 14.8. The third-order valence-corrected chi connectivity index (χ3v) is 13.5. The zero-order chi connectivity index (χ0) is 56.4. The molecule has 0 saturated carbocycles. The predicted octanol–water partition coefficient (Wildman–Crippen LogP) is 9.82. The van der Waals surface area contributed by atoms with Crippen molar-refractivity contribution in [3.8, 4) is 51.0 Å². The first-order chi connectivity index (χ1) is 38.1. The van der Waals surface area contributed by atoms with Crippen LogP contribution in [0.15, 0.2) is 131 Å². The lowest BCUT2D eigenvalue weighted by Gasteiger charge is -2.36. The fourth-order valence-corrected chi connectivity index (χ4v) is 9.79. The Kier molecular flexibility index (Phi) is 17.4. The summed E-state index contributed by atoms with van der Waals surface area (Å²) in [5.74, 6) is -0.992. The van der Waals surface area contributed by atoms with Crippen molar-refractivity contribution in [3.63, 3.8) is 0 Å². The van der Waals surface area contributed by atoms with Gasteiger partial charge in [0.2, 0.25) is 0 Å². The number of benzene rings is 6. The lowest BCUT2D eigenvalue weighted by atomic mass is 9.77. The third kappa shape index (κ3) is 11.8. The molecular weight excluding hydrogens is 1060 g/mol. The number of esters is 5. The molecule has 1 unspecified atom stereocenters. The van der Waals surface area contributed by atoms with Gasteiger partial charge in [0.1, 0.15) is 76.4 Å². The van der Waals surface area contributed by atoms with E-state index in [0.29, 0.717) is 83.9 Å². The maximum atomic E-state index is 13.1. The van der Waals surface area contributed by atoms with Gasteiger partial charge in [-0.15, -0.1) is 0 Å². The van der Waals surface area contributed by atoms with Gasteiger partial charge in [0.05, 0.1) is 37.2 Å². The largest absolute Gasteiger partial charge is 0.508 e. The zero-order valence-corrected chi connectivity index (χ0v) is 43.9. The molecule has 22 heteroatoms. The van der Waals surface area contributed by atoms with Gasteiger partial charge in [0.15, 0.2) is 11.2 Å². The monoisotopic (exact) mass is 1110 g/mol. The molecule has 0 aromatic heterocycles. The van der Waals surface area contributed by atoms with Gasteiger partial charge in [-0.25, -0.2) is 14.8 Å². The molecular formula is C57H46N2O18S2. The van der Waals surface area contributed by atoms with E-state index in [1.807, 2.05) is 35.9 Å². The highest BCUT2D eigenvalue weighted by molar-refractivity contribution is 8.04. The first-order valence-electron chi connectivity index (χ1n) is 23.7. The summed E-state index contributed by atoms with van der Waals surface area (Å²) in [7, 11) is 3.00. The van der Waals surface area contributed by atoms with Crippen molar-refractivity contribution in [2.24, 2.45) is 0 Å². The molecule has 0 amide bonds. The molecule has 4 aliphatic rings. The minimum atomic E-state index is -1.28. The number of rotatable bonds is 15. The zero-order valence-electron chi connectivity index (χ0n) is 42.2. The number of aryl methyl sites for hydroxylation is 1. The van der Waals surface area contributed by atoms with Gasteiger partial charge in [0, 0.05) is 75.6 Å². The van der Waals surface area contributed by atoms with E-state index >= 15 is 0 Å². The number of thioether (sulfide) groups is 2. The number of fused-ring (bicyclic) bond motifs is 12. The average Bonchev–Trinajstić information content (AvgIpc) is 3.72. The number of ether oxygens (including phenoxy) is 9. The van der Waals surface area contributed by atoms with E-state index in [9.17, 15) is 34.2 Å². The van der Waals surface area contributed by atoms with Crippen LogP contribution >= 0.6 is 23.5 Å². The summed E-state index contributed by atoms with van der Waals surface area (Å²) in [5.41, 5.74) is 2.70. The Bertz CT molecular complexity index is 3450. The fraction of sp³-hybridized carbons (Fsp3) is 0.211. The Morgan fingerprint density at radius 1 is 0.582 bits per heavy atom. The Morgan fingerprint density at radius 3 is 1.52 bits per heavy atom. The first kappa shape index (κ1) is 56.2. The fourth-order valence-electron chi connectivity index (χ4n) is 8.96. The van der Waals surface area contributed by atoms with Crippen LogP contribution in [0.1, 0.15) is 78.9 Å². The van der Waals surface area contributed by atoms with E-state index in [1.54, 1.807) is 66.7 Å². The lowest BCUT2D eigenvalue weighted by Crippen LogP contribution is -2.33. The highest BCUT2D eigenvalue weighted by atomic mass is 32.2. The predicted molar refractivity (Wildman–Crippen MR) is 278 cm³/mol. The van der Waals surface area contributed by atoms with E-state index in [-0.39, 0.29) is 62.1 Å². The van der Waals surface area contributed by atoms with Crippen LogP contribution in [0, 0.1) is 28.3 Å². The minimum absolute atomic E-state index is 0.00261. The maximum Gasteiger partial charge on any atom is 0.340 e. The van der Waals surface area contributed by atoms with Crippen LogP contribution in [0.5, 0.6) is 40.2 Å². The highest BCUT2D eigenvalue weighted by Gasteiger charge is 2.55. The summed E-state index contributed by atoms with van der Waals surface area (Å²) in [6, 6.07) is 30.0. The van der Waals surface area contributed by atoms with Crippen LogP contribution in [-0.4, -0.2) is 86.0 Å². The third-order valence-electron chi connectivity index (χ3n) is 12.3. The molecule has 0 aliphatic carbocycles. The van der Waals surface area contributed by atoms with E-state index in [4.69, 9.17) is 48.9 Å². The van der Waals surface area contributed by atoms with Gasteiger partial charge < -0.3 is 57.7 Å². The Morgan fingerprint density at radius 2 is 1.03 bits per heavy atom. The number of phenols is 2. The molecule has 4 heterocycles. The van der Waals surface area contributed by atoms with Gasteiger partial charge in [-0.05, 0) is 103 Å². The molecule has 79 heavy (non-hydrogen) atoms. The molecule has 404 valence electrons. The molecule has 4 aliphatic heterocycles. The van der Waals surface area contributed by atoms with E-state index in [0.717, 1.165) is 29.1 Å². The number of nitrogens with zero attached hydrogens (tertiary/aromatic N) is 2. The highest BCUT2D eigenvalue weighted by Crippen LogP contribution is 2.59. The number of nitriles is 2. The number of methoxy groups -OCH3 is 2. The lowest BCUT2D eigenvalue weighted by molar-refractivity contribution is -0.206. The summed E-state index contributed by atoms with van der Waals surface area (Å²) in [4.78, 5) is 65.8. The molecule has 0 fully saturated rings. The van der Waals surface area contributed by atoms with Crippen LogP contribution < -0.4 is 14.2 Å². The van der Waals surface area contributed by atoms with Crippen molar-refractivity contribution < 1.29 is 87.0 Å². The van der Waals surface area contributed by atoms with E-state index in [1.165, 1.54) is 38.5 Å². The number of aromatic hydroxyl groups is 2. The molecule has 20 nitrogen and oxygen atoms in total. The summed E-state index contributed by atoms with van der Waals surface area (Å²) in [6.07, 6.45) is -0.442. The van der Waals surface area contributed by atoms with Gasteiger partial charge in [-0.3, -0.25) is 14.4 Å². The summed E-state index contributed by atoms with van der Waals surface area (Å²) >= 11 is 1.92. The average molecular weight is 1110 g/mol. The number of thiocyanates is 2. The van der Waals surface area contributed by atoms with Gasteiger partial charge >= 0.3 is 29.8 Å². The standard InChI is InChI=1S/C29H23NO8S.C21H11NO5S.C7H12O5/c1-17-3-6-22-24(13-17)37-25-14-18(36-27(32)10-9-26(31)35-12-11-34-2)4-7-23(25)29(22)21-8-5-19(39-16-30)15-20(21)28(33)38-29;22-10-28-13-3-6-15-14(9-13)20(25)27-21(15)16-4-1-11(23)7-18(16)26-19-8-12(24)2-5-17(19)21;1-6(12-9)5-7(8)11-4-3-10-2/h3-8,13-15H,9-12H2,1-2H3;1-9,23-24H;9H,1,3-5H2,2H3. The molecule has 1 atom stereocenters. The van der Waals surface area contributed by atoms with Gasteiger partial charge in [-0.1, -0.05) is 30.8 Å². The Labute approximate surface area is 459 Å². The molecule has 6 aromatic rings. The second-order valence-corrected chi connectivity index (χ2v) is 19.1. The van der Waals surface area contributed by atoms with Crippen LogP contribution in [0.3, 0.4) is 0 Å². The number of hydrogen-bond donors (Lipinski definition) is 3. The number of phenolic OH excluding ortho intramolecular Hbond substituents is 2. The molecule has 0 bridgehead atoms. The molecule has 6 aromatic carbocycles. The SMILES string of the molecule is C=C(CC(=O)OCCOC)OO.COCCOC(=O)CCC(=O)Oc1ccc2c(c1)Oc1cc(C)ccc1C21OC(=O)c2cc(SC#N)ccc21.N#CSc1ccc2c(c1)C(=O)OC21c2ccc(O)cc2Oc2cc(O)ccc21. The Hall–Kier alpha value is -9.03. The second-order valence-electron chi connectivity index (χ2n) is 17.4. The number of hydrogen-bond acceptors (Lipinski definition) is 22. The number of carbonyl (C=O) groups excluding carboxylic acids is 5. The van der Waals surface area contributed by atoms with Crippen molar-refractivity contribution in [2.75, 3.05) is 40.6 Å². The van der Waals surface area contributed by atoms with E-state index < -0.39 is 41.0 Å². The molecule has 10 rings (SSSR count). The van der Waals surface area contributed by atoms with Crippen LogP contribution in [0.2, 0.25) is 0 Å². The van der Waals surface area contributed by atoms with Crippen molar-refractivity contribution in [1.82, 2.24) is 0 Å². The summed E-state index contributed by atoms with van der Waals surface area (Å²) in [6.45, 7) is 6.08. The summed E-state index contributed by atoms with van der Waals surface area (Å²) in [5, 5.41) is 49.8. The Balaban J connectivity index is 0.000000178. The molecule has 3 N–H and O–H groups in total. The van der Waals surface area contributed by atoms with Crippen LogP contribution in [0.25, 0.3) is 0 Å². The summed E-state index contributed by atoms with van der Waals surface area (Å²) < 4.78 is 48.7. The van der Waals surface area contributed by atoms with Gasteiger partial charge in [0.25, 0.3) is 0 Å². The number of carbonyl (C=O) groups is 5. The van der Waals surface area contributed by atoms with Crippen molar-refractivity contribution in [1.29, 1.82) is 10.5 Å². The molecule has 0 radical (unpaired) electrons. The van der Waals surface area contributed by atoms with Crippen LogP contribution in [0.4, 0.5) is 0 Å². The van der Waals surface area contributed by atoms with Crippen LogP contribution in [-0.2, 0) is 58.9 Å². The van der Waals surface area contributed by atoms with E-state index in [2.05, 4.69) is 20.9 Å². The molecule has 0 saturated heterocycles.